The van der Waals surface area contributed by atoms with Gasteiger partial charge in [-0.1, -0.05) is 38.3 Å². The van der Waals surface area contributed by atoms with E-state index < -0.39 is 0 Å². The summed E-state index contributed by atoms with van der Waals surface area (Å²) in [5, 5.41) is 4.22. The third kappa shape index (κ3) is 3.35. The summed E-state index contributed by atoms with van der Waals surface area (Å²) in [6, 6.07) is 3.36. The van der Waals surface area contributed by atoms with Crippen LogP contribution in [0.2, 0.25) is 5.02 Å². The van der Waals surface area contributed by atoms with Gasteiger partial charge in [-0.15, -0.1) is 0 Å². The van der Waals surface area contributed by atoms with E-state index in [2.05, 4.69) is 35.1 Å². The SMILES string of the molecule is CC(C)NCc1cc(N2CCC3CCCCC32)ncc1Cl. The lowest BCUT2D eigenvalue weighted by molar-refractivity contribution is 0.341. The average Bonchev–Trinajstić information content (AvgIpc) is 2.90. The van der Waals surface area contributed by atoms with Crippen LogP contribution >= 0.6 is 11.6 Å². The molecule has 2 fully saturated rings. The normalized spacial score (nSPS) is 25.4. The number of fused-ring (bicyclic) bond motifs is 1. The molecule has 0 aromatic carbocycles. The van der Waals surface area contributed by atoms with Gasteiger partial charge in [-0.25, -0.2) is 4.98 Å². The zero-order valence-corrected chi connectivity index (χ0v) is 13.9. The van der Waals surface area contributed by atoms with Gasteiger partial charge in [0.15, 0.2) is 0 Å². The van der Waals surface area contributed by atoms with Crippen LogP contribution in [-0.4, -0.2) is 23.6 Å². The zero-order chi connectivity index (χ0) is 14.8. The summed E-state index contributed by atoms with van der Waals surface area (Å²) < 4.78 is 0. The Balaban J connectivity index is 1.77. The van der Waals surface area contributed by atoms with Crippen molar-refractivity contribution in [2.75, 3.05) is 11.4 Å². The molecule has 1 aliphatic carbocycles. The van der Waals surface area contributed by atoms with E-state index in [0.717, 1.165) is 35.4 Å². The number of nitrogens with zero attached hydrogens (tertiary/aromatic N) is 2. The van der Waals surface area contributed by atoms with Crippen LogP contribution in [0.3, 0.4) is 0 Å². The summed E-state index contributed by atoms with van der Waals surface area (Å²) in [5.74, 6) is 2.00. The number of nitrogens with one attached hydrogen (secondary N) is 1. The van der Waals surface area contributed by atoms with Crippen molar-refractivity contribution in [3.63, 3.8) is 0 Å². The summed E-state index contributed by atoms with van der Waals surface area (Å²) in [5.41, 5.74) is 1.16. The van der Waals surface area contributed by atoms with Crippen molar-refractivity contribution in [1.29, 1.82) is 0 Å². The first kappa shape index (κ1) is 15.1. The largest absolute Gasteiger partial charge is 0.353 e. The molecule has 1 aliphatic heterocycles. The first-order valence-corrected chi connectivity index (χ1v) is 8.67. The molecule has 0 amide bonds. The molecule has 2 atom stereocenters. The van der Waals surface area contributed by atoms with Crippen LogP contribution in [0.25, 0.3) is 0 Å². The quantitative estimate of drug-likeness (QED) is 0.911. The molecule has 1 aromatic rings. The number of hydrogen-bond acceptors (Lipinski definition) is 3. The monoisotopic (exact) mass is 307 g/mol. The van der Waals surface area contributed by atoms with E-state index >= 15 is 0 Å². The van der Waals surface area contributed by atoms with E-state index in [1.54, 1.807) is 0 Å². The first-order chi connectivity index (χ1) is 10.1. The first-order valence-electron chi connectivity index (χ1n) is 8.29. The van der Waals surface area contributed by atoms with E-state index in [1.165, 1.54) is 32.1 Å². The Bertz CT molecular complexity index is 489. The van der Waals surface area contributed by atoms with E-state index in [4.69, 9.17) is 11.6 Å². The minimum absolute atomic E-state index is 0.465. The minimum Gasteiger partial charge on any atom is -0.353 e. The third-order valence-electron chi connectivity index (χ3n) is 4.93. The van der Waals surface area contributed by atoms with Gasteiger partial charge in [0.1, 0.15) is 5.82 Å². The molecule has 2 unspecified atom stereocenters. The Morgan fingerprint density at radius 2 is 2.14 bits per heavy atom. The van der Waals surface area contributed by atoms with Gasteiger partial charge in [-0.3, -0.25) is 0 Å². The summed E-state index contributed by atoms with van der Waals surface area (Å²) in [7, 11) is 0. The lowest BCUT2D eigenvalue weighted by Crippen LogP contribution is -2.35. The predicted molar refractivity (Wildman–Crippen MR) is 88.9 cm³/mol. The van der Waals surface area contributed by atoms with Crippen molar-refractivity contribution < 1.29 is 0 Å². The van der Waals surface area contributed by atoms with Crippen molar-refractivity contribution in [3.8, 4) is 0 Å². The predicted octanol–water partition coefficient (Wildman–Crippen LogP) is 4.00. The van der Waals surface area contributed by atoms with Crippen LogP contribution in [0.1, 0.15) is 51.5 Å². The highest BCUT2D eigenvalue weighted by Crippen LogP contribution is 2.38. The molecule has 3 rings (SSSR count). The maximum Gasteiger partial charge on any atom is 0.129 e. The molecule has 4 heteroatoms. The Labute approximate surface area is 133 Å². The molecule has 1 aromatic heterocycles. The molecule has 3 nitrogen and oxygen atoms in total. The van der Waals surface area contributed by atoms with Gasteiger partial charge >= 0.3 is 0 Å². The lowest BCUT2D eigenvalue weighted by atomic mass is 9.85. The fourth-order valence-electron chi connectivity index (χ4n) is 3.76. The fraction of sp³-hybridized carbons (Fsp3) is 0.706. The van der Waals surface area contributed by atoms with Crippen molar-refractivity contribution >= 4 is 17.4 Å². The van der Waals surface area contributed by atoms with Crippen LogP contribution in [-0.2, 0) is 6.54 Å². The summed E-state index contributed by atoms with van der Waals surface area (Å²) in [4.78, 5) is 7.13. The van der Waals surface area contributed by atoms with Crippen LogP contribution in [0.5, 0.6) is 0 Å². The van der Waals surface area contributed by atoms with Crippen molar-refractivity contribution in [1.82, 2.24) is 10.3 Å². The average molecular weight is 308 g/mol. The van der Waals surface area contributed by atoms with Crippen LogP contribution < -0.4 is 10.2 Å². The Morgan fingerprint density at radius 1 is 1.33 bits per heavy atom. The number of pyridine rings is 1. The van der Waals surface area contributed by atoms with Crippen LogP contribution in [0.4, 0.5) is 5.82 Å². The highest BCUT2D eigenvalue weighted by atomic mass is 35.5. The van der Waals surface area contributed by atoms with Crippen molar-refractivity contribution in [2.24, 2.45) is 5.92 Å². The molecule has 116 valence electrons. The molecule has 1 N–H and O–H groups in total. The molecule has 1 saturated heterocycles. The Hall–Kier alpha value is -0.800. The molecule has 21 heavy (non-hydrogen) atoms. The fourth-order valence-corrected chi connectivity index (χ4v) is 3.93. The summed E-state index contributed by atoms with van der Waals surface area (Å²) in [6.45, 7) is 6.28. The molecular weight excluding hydrogens is 282 g/mol. The molecule has 2 aliphatic rings. The number of hydrogen-bond donors (Lipinski definition) is 1. The topological polar surface area (TPSA) is 28.2 Å². The van der Waals surface area contributed by atoms with Crippen LogP contribution in [0.15, 0.2) is 12.3 Å². The van der Waals surface area contributed by atoms with E-state index in [-0.39, 0.29) is 0 Å². The second-order valence-electron chi connectivity index (χ2n) is 6.76. The van der Waals surface area contributed by atoms with Gasteiger partial charge in [-0.05, 0) is 36.8 Å². The maximum atomic E-state index is 6.30. The maximum absolute atomic E-state index is 6.30. The minimum atomic E-state index is 0.465. The second-order valence-corrected chi connectivity index (χ2v) is 7.17. The van der Waals surface area contributed by atoms with E-state index in [9.17, 15) is 0 Å². The number of rotatable bonds is 4. The van der Waals surface area contributed by atoms with Crippen molar-refractivity contribution in [2.45, 2.75) is 64.6 Å². The van der Waals surface area contributed by atoms with Gasteiger partial charge in [0, 0.05) is 31.4 Å². The van der Waals surface area contributed by atoms with Gasteiger partial charge in [0.2, 0.25) is 0 Å². The molecule has 0 radical (unpaired) electrons. The standard InChI is InChI=1S/C17H26ClN3/c1-12(2)19-10-14-9-17(20-11-15(14)18)21-8-7-13-5-3-4-6-16(13)21/h9,11-13,16,19H,3-8,10H2,1-2H3. The zero-order valence-electron chi connectivity index (χ0n) is 13.1. The van der Waals surface area contributed by atoms with Gasteiger partial charge in [0.25, 0.3) is 0 Å². The molecule has 0 bridgehead atoms. The second kappa shape index (κ2) is 6.53. The van der Waals surface area contributed by atoms with Crippen molar-refractivity contribution in [3.05, 3.63) is 22.8 Å². The van der Waals surface area contributed by atoms with Crippen LogP contribution in [0, 0.1) is 5.92 Å². The van der Waals surface area contributed by atoms with Gasteiger partial charge in [-0.2, -0.15) is 0 Å². The van der Waals surface area contributed by atoms with E-state index in [1.807, 2.05) is 6.20 Å². The molecular formula is C17H26ClN3. The third-order valence-corrected chi connectivity index (χ3v) is 5.27. The molecule has 0 spiro atoms. The lowest BCUT2D eigenvalue weighted by Gasteiger charge is -2.32. The highest BCUT2D eigenvalue weighted by molar-refractivity contribution is 6.31. The van der Waals surface area contributed by atoms with Gasteiger partial charge < -0.3 is 10.2 Å². The number of anilines is 1. The summed E-state index contributed by atoms with van der Waals surface area (Å²) >= 11 is 6.30. The van der Waals surface area contributed by atoms with E-state index in [0.29, 0.717) is 12.1 Å². The highest BCUT2D eigenvalue weighted by Gasteiger charge is 2.36. The molecule has 2 heterocycles. The summed E-state index contributed by atoms with van der Waals surface area (Å²) in [6.07, 6.45) is 8.66. The smallest absolute Gasteiger partial charge is 0.129 e. The Morgan fingerprint density at radius 3 is 2.95 bits per heavy atom. The number of aromatic nitrogens is 1. The molecule has 1 saturated carbocycles. The number of halogens is 1. The Kier molecular flexibility index (Phi) is 4.70. The van der Waals surface area contributed by atoms with Gasteiger partial charge in [0.05, 0.1) is 5.02 Å².